The quantitative estimate of drug-likeness (QED) is 0.908. The molecule has 0 amide bonds. The van der Waals surface area contributed by atoms with Gasteiger partial charge in [-0.15, -0.1) is 0 Å². The molecule has 2 N–H and O–H groups in total. The van der Waals surface area contributed by atoms with E-state index in [9.17, 15) is 0 Å². The zero-order valence-electron chi connectivity index (χ0n) is 14.3. The lowest BCUT2D eigenvalue weighted by Gasteiger charge is -2.33. The predicted octanol–water partition coefficient (Wildman–Crippen LogP) is 2.62. The molecule has 2 rings (SSSR count). The predicted molar refractivity (Wildman–Crippen MR) is 90.6 cm³/mol. The van der Waals surface area contributed by atoms with Crippen molar-refractivity contribution in [2.45, 2.75) is 44.7 Å². The van der Waals surface area contributed by atoms with Crippen molar-refractivity contribution in [2.24, 2.45) is 5.73 Å². The number of likely N-dealkylation sites (N-methyl/N-ethyl adjacent to an activating group) is 2. The van der Waals surface area contributed by atoms with E-state index in [0.717, 1.165) is 19.6 Å². The van der Waals surface area contributed by atoms with Crippen LogP contribution in [0.2, 0.25) is 0 Å². The molecule has 1 aliphatic rings. The Hall–Kier alpha value is -0.900. The third-order valence-electron chi connectivity index (χ3n) is 4.69. The van der Waals surface area contributed by atoms with E-state index >= 15 is 0 Å². The first-order valence-electron chi connectivity index (χ1n) is 8.04. The van der Waals surface area contributed by atoms with E-state index < -0.39 is 0 Å². The minimum absolute atomic E-state index is 0.0737. The zero-order valence-corrected chi connectivity index (χ0v) is 14.3. The van der Waals surface area contributed by atoms with Crippen LogP contribution in [0.3, 0.4) is 0 Å². The van der Waals surface area contributed by atoms with Crippen LogP contribution < -0.4 is 5.73 Å². The van der Waals surface area contributed by atoms with Gasteiger partial charge in [0.25, 0.3) is 0 Å². The molecule has 1 aromatic rings. The molecule has 0 aromatic heterocycles. The van der Waals surface area contributed by atoms with E-state index in [1.165, 1.54) is 17.5 Å². The minimum Gasteiger partial charge on any atom is -0.323 e. The smallest absolute Gasteiger partial charge is 0.0465 e. The lowest BCUT2D eigenvalue weighted by Crippen LogP contribution is -2.45. The van der Waals surface area contributed by atoms with Crippen LogP contribution in [-0.4, -0.2) is 49.6 Å². The highest BCUT2D eigenvalue weighted by molar-refractivity contribution is 5.30. The van der Waals surface area contributed by atoms with E-state index in [0.29, 0.717) is 6.04 Å². The van der Waals surface area contributed by atoms with E-state index in [-0.39, 0.29) is 11.5 Å². The second kappa shape index (κ2) is 6.47. The van der Waals surface area contributed by atoms with E-state index in [1.54, 1.807) is 0 Å². The van der Waals surface area contributed by atoms with Crippen molar-refractivity contribution in [1.82, 2.24) is 9.80 Å². The molecule has 118 valence electrons. The van der Waals surface area contributed by atoms with Gasteiger partial charge in [0.2, 0.25) is 0 Å². The van der Waals surface area contributed by atoms with Gasteiger partial charge in [-0.05, 0) is 50.1 Å². The first-order chi connectivity index (χ1) is 9.79. The number of hydrogen-bond donors (Lipinski definition) is 1. The second-order valence-electron chi connectivity index (χ2n) is 7.56. The van der Waals surface area contributed by atoms with E-state index in [1.807, 2.05) is 0 Å². The van der Waals surface area contributed by atoms with Crippen LogP contribution in [0.15, 0.2) is 24.3 Å². The largest absolute Gasteiger partial charge is 0.323 e. The summed E-state index contributed by atoms with van der Waals surface area (Å²) in [5, 5.41) is 0. The van der Waals surface area contributed by atoms with Crippen molar-refractivity contribution in [2.75, 3.05) is 33.7 Å². The fraction of sp³-hybridized carbons (Fsp3) is 0.667. The molecule has 1 heterocycles. The summed E-state index contributed by atoms with van der Waals surface area (Å²) < 4.78 is 0. The molecule has 0 spiro atoms. The van der Waals surface area contributed by atoms with Crippen molar-refractivity contribution in [1.29, 1.82) is 0 Å². The van der Waals surface area contributed by atoms with E-state index in [2.05, 4.69) is 68.9 Å². The average Bonchev–Trinajstić information content (AvgIpc) is 2.59. The Labute approximate surface area is 130 Å². The summed E-state index contributed by atoms with van der Waals surface area (Å²) in [6.07, 6.45) is 1.22. The van der Waals surface area contributed by atoms with Crippen LogP contribution in [-0.2, 0) is 5.41 Å². The van der Waals surface area contributed by atoms with Gasteiger partial charge in [-0.1, -0.05) is 45.0 Å². The maximum atomic E-state index is 6.58. The summed E-state index contributed by atoms with van der Waals surface area (Å²) in [5.41, 5.74) is 9.39. The molecule has 1 fully saturated rings. The summed E-state index contributed by atoms with van der Waals surface area (Å²) in [6, 6.07) is 9.35. The third-order valence-corrected chi connectivity index (χ3v) is 4.69. The SMILES string of the molecule is CN1CCCN(C)C(C(N)c2ccc(C(C)(C)C)cc2)C1. The number of rotatable bonds is 2. The minimum atomic E-state index is 0.0737. The summed E-state index contributed by atoms with van der Waals surface area (Å²) in [6.45, 7) is 10.1. The Morgan fingerprint density at radius 3 is 2.29 bits per heavy atom. The van der Waals surface area contributed by atoms with Gasteiger partial charge in [0.05, 0.1) is 0 Å². The van der Waals surface area contributed by atoms with Crippen molar-refractivity contribution in [3.05, 3.63) is 35.4 Å². The lowest BCUT2D eigenvalue weighted by molar-refractivity contribution is 0.196. The Morgan fingerprint density at radius 2 is 1.71 bits per heavy atom. The van der Waals surface area contributed by atoms with Gasteiger partial charge in [0, 0.05) is 18.6 Å². The number of hydrogen-bond acceptors (Lipinski definition) is 3. The van der Waals surface area contributed by atoms with Gasteiger partial charge in [-0.2, -0.15) is 0 Å². The Kier molecular flexibility index (Phi) is 5.07. The van der Waals surface area contributed by atoms with Gasteiger partial charge >= 0.3 is 0 Å². The summed E-state index contributed by atoms with van der Waals surface area (Å²) in [7, 11) is 4.40. The van der Waals surface area contributed by atoms with Crippen molar-refractivity contribution < 1.29 is 0 Å². The monoisotopic (exact) mass is 289 g/mol. The topological polar surface area (TPSA) is 32.5 Å². The molecule has 1 aliphatic heterocycles. The van der Waals surface area contributed by atoms with Gasteiger partial charge < -0.3 is 15.5 Å². The zero-order chi connectivity index (χ0) is 15.6. The normalized spacial score (nSPS) is 23.8. The molecule has 0 saturated carbocycles. The standard InChI is InChI=1S/C18H31N3/c1-18(2,3)15-9-7-14(8-10-15)17(19)16-13-20(4)11-6-12-21(16)5/h7-10,16-17H,6,11-13,19H2,1-5H3. The molecular weight excluding hydrogens is 258 g/mol. The molecule has 0 aliphatic carbocycles. The van der Waals surface area contributed by atoms with Crippen LogP contribution in [0.5, 0.6) is 0 Å². The number of benzene rings is 1. The fourth-order valence-electron chi connectivity index (χ4n) is 3.12. The van der Waals surface area contributed by atoms with E-state index in [4.69, 9.17) is 5.73 Å². The van der Waals surface area contributed by atoms with Crippen LogP contribution in [0.4, 0.5) is 0 Å². The third kappa shape index (κ3) is 4.06. The van der Waals surface area contributed by atoms with Crippen molar-refractivity contribution in [3.63, 3.8) is 0 Å². The first kappa shape index (κ1) is 16.5. The molecule has 21 heavy (non-hydrogen) atoms. The second-order valence-corrected chi connectivity index (χ2v) is 7.56. The fourth-order valence-corrected chi connectivity index (χ4v) is 3.12. The molecule has 3 nitrogen and oxygen atoms in total. The highest BCUT2D eigenvalue weighted by Gasteiger charge is 2.27. The molecule has 2 unspecified atom stereocenters. The van der Waals surface area contributed by atoms with Crippen LogP contribution >= 0.6 is 0 Å². The van der Waals surface area contributed by atoms with Crippen molar-refractivity contribution >= 4 is 0 Å². The number of nitrogens with zero attached hydrogens (tertiary/aromatic N) is 2. The molecule has 0 bridgehead atoms. The van der Waals surface area contributed by atoms with Gasteiger partial charge in [-0.3, -0.25) is 0 Å². The van der Waals surface area contributed by atoms with Gasteiger partial charge in [0.15, 0.2) is 0 Å². The highest BCUT2D eigenvalue weighted by Crippen LogP contribution is 2.26. The van der Waals surface area contributed by atoms with Gasteiger partial charge in [-0.25, -0.2) is 0 Å². The van der Waals surface area contributed by atoms with Crippen molar-refractivity contribution in [3.8, 4) is 0 Å². The molecular formula is C18H31N3. The molecule has 3 heteroatoms. The summed E-state index contributed by atoms with van der Waals surface area (Å²) >= 11 is 0. The lowest BCUT2D eigenvalue weighted by atomic mass is 9.86. The van der Waals surface area contributed by atoms with Crippen LogP contribution in [0.25, 0.3) is 0 Å². The Morgan fingerprint density at radius 1 is 1.10 bits per heavy atom. The highest BCUT2D eigenvalue weighted by atomic mass is 15.2. The molecule has 1 saturated heterocycles. The van der Waals surface area contributed by atoms with Gasteiger partial charge in [0.1, 0.15) is 0 Å². The Bertz CT molecular complexity index is 447. The first-order valence-corrected chi connectivity index (χ1v) is 8.04. The molecule has 1 aromatic carbocycles. The summed E-state index contributed by atoms with van der Waals surface area (Å²) in [4.78, 5) is 4.82. The maximum absolute atomic E-state index is 6.58. The average molecular weight is 289 g/mol. The van der Waals surface area contributed by atoms with Crippen LogP contribution in [0.1, 0.15) is 44.4 Å². The maximum Gasteiger partial charge on any atom is 0.0465 e. The van der Waals surface area contributed by atoms with Crippen LogP contribution in [0, 0.1) is 0 Å². The number of nitrogens with two attached hydrogens (primary N) is 1. The molecule has 0 radical (unpaired) electrons. The Balaban J connectivity index is 2.16. The molecule has 2 atom stereocenters. The summed E-state index contributed by atoms with van der Waals surface area (Å²) in [5.74, 6) is 0.